The Balaban J connectivity index is 2.28. The van der Waals surface area contributed by atoms with Gasteiger partial charge in [-0.05, 0) is 41.1 Å². The molecule has 0 aliphatic carbocycles. The molecule has 0 spiro atoms. The van der Waals surface area contributed by atoms with E-state index in [1.807, 2.05) is 0 Å². The van der Waals surface area contributed by atoms with E-state index in [1.165, 1.54) is 14.0 Å². The minimum absolute atomic E-state index is 0.401. The Kier molecular flexibility index (Phi) is 4.59. The van der Waals surface area contributed by atoms with Crippen LogP contribution in [-0.4, -0.2) is 23.1 Å². The largest absolute Gasteiger partial charge is 0.496 e. The van der Waals surface area contributed by atoms with Gasteiger partial charge >= 0.3 is 0 Å². The molecule has 110 valence electrons. The van der Waals surface area contributed by atoms with Crippen LogP contribution >= 0.6 is 15.9 Å². The first-order chi connectivity index (χ1) is 9.95. The van der Waals surface area contributed by atoms with Crippen molar-refractivity contribution in [1.29, 1.82) is 0 Å². The highest BCUT2D eigenvalue weighted by Gasteiger charge is 2.35. The quantitative estimate of drug-likeness (QED) is 0.831. The van der Waals surface area contributed by atoms with E-state index in [0.717, 1.165) is 0 Å². The van der Waals surface area contributed by atoms with Crippen LogP contribution in [0.2, 0.25) is 0 Å². The summed E-state index contributed by atoms with van der Waals surface area (Å²) in [6, 6.07) is 10.1. The Morgan fingerprint density at radius 2 is 2.10 bits per heavy atom. The van der Waals surface area contributed by atoms with E-state index in [1.54, 1.807) is 42.6 Å². The Bertz CT molecular complexity index is 659. The maximum Gasteiger partial charge on any atom is 0.260 e. The predicted octanol–water partition coefficient (Wildman–Crippen LogP) is 2.70. The predicted molar refractivity (Wildman–Crippen MR) is 83.1 cm³/mol. The number of aromatic nitrogens is 1. The molecule has 0 aliphatic rings. The molecular formula is C15H15BrN2O3. The highest BCUT2D eigenvalue weighted by Crippen LogP contribution is 2.30. The lowest BCUT2D eigenvalue weighted by atomic mass is 9.94. The number of ether oxygens (including phenoxy) is 1. The second kappa shape index (κ2) is 6.24. The van der Waals surface area contributed by atoms with E-state index >= 15 is 0 Å². The second-order valence-electron chi connectivity index (χ2n) is 4.59. The van der Waals surface area contributed by atoms with Crippen molar-refractivity contribution in [2.45, 2.75) is 12.5 Å². The number of rotatable bonds is 4. The monoisotopic (exact) mass is 350 g/mol. The first-order valence-electron chi connectivity index (χ1n) is 6.24. The van der Waals surface area contributed by atoms with Crippen LogP contribution in [0.3, 0.4) is 0 Å². The molecule has 1 aromatic heterocycles. The summed E-state index contributed by atoms with van der Waals surface area (Å²) in [6.45, 7) is 1.43. The first-order valence-corrected chi connectivity index (χ1v) is 7.03. The number of halogens is 1. The molecule has 0 fully saturated rings. The molecule has 0 radical (unpaired) electrons. The lowest BCUT2D eigenvalue weighted by molar-refractivity contribution is -0.133. The number of benzene rings is 1. The van der Waals surface area contributed by atoms with Crippen LogP contribution in [0.4, 0.5) is 5.69 Å². The van der Waals surface area contributed by atoms with Gasteiger partial charge in [-0.2, -0.15) is 0 Å². The maximum absolute atomic E-state index is 12.4. The van der Waals surface area contributed by atoms with Crippen LogP contribution in [0.5, 0.6) is 5.75 Å². The van der Waals surface area contributed by atoms with Crippen molar-refractivity contribution in [1.82, 2.24) is 4.98 Å². The van der Waals surface area contributed by atoms with Gasteiger partial charge < -0.3 is 15.2 Å². The lowest BCUT2D eigenvalue weighted by Crippen LogP contribution is -2.37. The van der Waals surface area contributed by atoms with Crippen molar-refractivity contribution < 1.29 is 14.6 Å². The third-order valence-corrected chi connectivity index (χ3v) is 3.49. The lowest BCUT2D eigenvalue weighted by Gasteiger charge is -2.24. The summed E-state index contributed by atoms with van der Waals surface area (Å²) >= 11 is 3.23. The van der Waals surface area contributed by atoms with Crippen LogP contribution in [0.1, 0.15) is 12.5 Å². The minimum Gasteiger partial charge on any atom is -0.496 e. The summed E-state index contributed by atoms with van der Waals surface area (Å²) in [4.78, 5) is 16.3. The van der Waals surface area contributed by atoms with Gasteiger partial charge in [-0.25, -0.2) is 4.98 Å². The number of carbonyl (C=O) groups is 1. The molecular weight excluding hydrogens is 336 g/mol. The summed E-state index contributed by atoms with van der Waals surface area (Å²) < 4.78 is 5.79. The number of pyridine rings is 1. The van der Waals surface area contributed by atoms with Crippen molar-refractivity contribution in [3.63, 3.8) is 0 Å². The Morgan fingerprint density at radius 1 is 1.38 bits per heavy atom. The van der Waals surface area contributed by atoms with E-state index in [4.69, 9.17) is 4.74 Å². The molecule has 21 heavy (non-hydrogen) atoms. The zero-order chi connectivity index (χ0) is 15.5. The molecule has 2 rings (SSSR count). The molecule has 1 amide bonds. The molecule has 1 atom stereocenters. The molecule has 2 aromatic rings. The first kappa shape index (κ1) is 15.5. The van der Waals surface area contributed by atoms with E-state index in [0.29, 0.717) is 21.6 Å². The Morgan fingerprint density at radius 3 is 2.76 bits per heavy atom. The molecule has 0 aliphatic heterocycles. The molecule has 6 heteroatoms. The van der Waals surface area contributed by atoms with Gasteiger partial charge in [0.05, 0.1) is 7.11 Å². The summed E-state index contributed by atoms with van der Waals surface area (Å²) in [5.41, 5.74) is -0.780. The standard InChI is InChI=1S/C15H15BrN2O3/c1-15(20,11-5-3-4-6-12(11)21-2)14(19)18-10-7-8-17-13(16)9-10/h3-9,20H,1-2H3,(H,17,18,19). The summed E-state index contributed by atoms with van der Waals surface area (Å²) in [5.74, 6) is -0.0985. The van der Waals surface area contributed by atoms with Crippen molar-refractivity contribution in [2.24, 2.45) is 0 Å². The van der Waals surface area contributed by atoms with Gasteiger partial charge in [0.2, 0.25) is 0 Å². The van der Waals surface area contributed by atoms with Crippen LogP contribution in [-0.2, 0) is 10.4 Å². The molecule has 1 unspecified atom stereocenters. The van der Waals surface area contributed by atoms with Gasteiger partial charge in [0, 0.05) is 17.4 Å². The van der Waals surface area contributed by atoms with Crippen molar-refractivity contribution in [2.75, 3.05) is 12.4 Å². The number of amides is 1. The van der Waals surface area contributed by atoms with Gasteiger partial charge in [-0.15, -0.1) is 0 Å². The fraction of sp³-hybridized carbons (Fsp3) is 0.200. The molecule has 1 aromatic carbocycles. The number of hydrogen-bond acceptors (Lipinski definition) is 4. The number of methoxy groups -OCH3 is 1. The molecule has 2 N–H and O–H groups in total. The van der Waals surface area contributed by atoms with Gasteiger partial charge in [-0.1, -0.05) is 18.2 Å². The van der Waals surface area contributed by atoms with Gasteiger partial charge in [0.1, 0.15) is 10.4 Å². The highest BCUT2D eigenvalue weighted by molar-refractivity contribution is 9.10. The van der Waals surface area contributed by atoms with Crippen LogP contribution in [0, 0.1) is 0 Å². The number of carbonyl (C=O) groups excluding carboxylic acids is 1. The molecule has 0 saturated heterocycles. The number of hydrogen-bond donors (Lipinski definition) is 2. The van der Waals surface area contributed by atoms with Gasteiger partial charge in [-0.3, -0.25) is 4.79 Å². The molecule has 0 bridgehead atoms. The highest BCUT2D eigenvalue weighted by atomic mass is 79.9. The Labute approximate surface area is 131 Å². The van der Waals surface area contributed by atoms with Gasteiger partial charge in [0.25, 0.3) is 5.91 Å². The summed E-state index contributed by atoms with van der Waals surface area (Å²) in [7, 11) is 1.49. The topological polar surface area (TPSA) is 71.5 Å². The fourth-order valence-electron chi connectivity index (χ4n) is 1.90. The van der Waals surface area contributed by atoms with Crippen molar-refractivity contribution in [3.05, 3.63) is 52.8 Å². The number of nitrogens with one attached hydrogen (secondary N) is 1. The molecule has 0 saturated carbocycles. The van der Waals surface area contributed by atoms with Crippen LogP contribution in [0.15, 0.2) is 47.2 Å². The summed E-state index contributed by atoms with van der Waals surface area (Å²) in [5, 5.41) is 13.2. The second-order valence-corrected chi connectivity index (χ2v) is 5.41. The third-order valence-electron chi connectivity index (χ3n) is 3.06. The van der Waals surface area contributed by atoms with Crippen molar-refractivity contribution >= 4 is 27.5 Å². The zero-order valence-electron chi connectivity index (χ0n) is 11.6. The average molecular weight is 351 g/mol. The fourth-order valence-corrected chi connectivity index (χ4v) is 2.27. The minimum atomic E-state index is -1.72. The smallest absolute Gasteiger partial charge is 0.260 e. The number of para-hydroxylation sites is 1. The van der Waals surface area contributed by atoms with E-state index in [-0.39, 0.29) is 0 Å². The van der Waals surface area contributed by atoms with Crippen LogP contribution < -0.4 is 10.1 Å². The van der Waals surface area contributed by atoms with E-state index < -0.39 is 11.5 Å². The Hall–Kier alpha value is -1.92. The van der Waals surface area contributed by atoms with E-state index in [9.17, 15) is 9.90 Å². The normalized spacial score (nSPS) is 13.3. The van der Waals surface area contributed by atoms with Gasteiger partial charge in [0.15, 0.2) is 5.60 Å². The summed E-state index contributed by atoms with van der Waals surface area (Å²) in [6.07, 6.45) is 1.55. The molecule has 5 nitrogen and oxygen atoms in total. The van der Waals surface area contributed by atoms with Crippen molar-refractivity contribution in [3.8, 4) is 5.75 Å². The number of nitrogens with zero attached hydrogens (tertiary/aromatic N) is 1. The molecule has 1 heterocycles. The zero-order valence-corrected chi connectivity index (χ0v) is 13.2. The average Bonchev–Trinajstić information content (AvgIpc) is 2.47. The number of aliphatic hydroxyl groups is 1. The SMILES string of the molecule is COc1ccccc1C(C)(O)C(=O)Nc1ccnc(Br)c1. The van der Waals surface area contributed by atoms with Crippen LogP contribution in [0.25, 0.3) is 0 Å². The van der Waals surface area contributed by atoms with E-state index in [2.05, 4.69) is 26.2 Å². The maximum atomic E-state index is 12.4. The third kappa shape index (κ3) is 3.40. The number of anilines is 1.